The molecule has 28 heavy (non-hydrogen) atoms. The van der Waals surface area contributed by atoms with Gasteiger partial charge < -0.3 is 49.6 Å². The molecule has 3 rings (SSSR count). The van der Waals surface area contributed by atoms with Crippen LogP contribution < -0.4 is 0 Å². The summed E-state index contributed by atoms with van der Waals surface area (Å²) in [4.78, 5) is 12.0. The number of esters is 1. The molecule has 0 unspecified atom stereocenters. The molecule has 0 aromatic carbocycles. The molecule has 0 spiro atoms. The van der Waals surface area contributed by atoms with Gasteiger partial charge in [0.25, 0.3) is 0 Å². The summed E-state index contributed by atoms with van der Waals surface area (Å²) in [6.07, 6.45) is -6.39. The second-order valence-corrected chi connectivity index (χ2v) is 6.90. The first kappa shape index (κ1) is 21.1. The molecule has 0 radical (unpaired) electrons. The second-order valence-electron chi connectivity index (χ2n) is 6.90. The lowest BCUT2D eigenvalue weighted by molar-refractivity contribution is -0.343. The van der Waals surface area contributed by atoms with E-state index in [1.807, 2.05) is 0 Å². The summed E-state index contributed by atoms with van der Waals surface area (Å²) in [5, 5.41) is 59.9. The van der Waals surface area contributed by atoms with E-state index in [-0.39, 0.29) is 12.0 Å². The average molecular weight is 404 g/mol. The molecule has 11 heteroatoms. The number of fused-ring (bicyclic) bond motifs is 1. The van der Waals surface area contributed by atoms with Crippen LogP contribution in [0.4, 0.5) is 0 Å². The fraction of sp³-hybridized carbons (Fsp3) is 0.706. The molecule has 6 N–H and O–H groups in total. The molecule has 8 atom stereocenters. The van der Waals surface area contributed by atoms with Crippen LogP contribution in [-0.4, -0.2) is 99.5 Å². The minimum absolute atomic E-state index is 0.00754. The lowest BCUT2D eigenvalue weighted by Gasteiger charge is -2.44. The molecule has 0 aromatic rings. The number of hydrogen-bond acceptors (Lipinski definition) is 11. The normalized spacial score (nSPS) is 42.9. The van der Waals surface area contributed by atoms with Crippen LogP contribution in [0.2, 0.25) is 0 Å². The fourth-order valence-corrected chi connectivity index (χ4v) is 3.76. The highest BCUT2D eigenvalue weighted by Gasteiger charge is 2.57. The molecule has 1 aliphatic carbocycles. The maximum atomic E-state index is 12.0. The van der Waals surface area contributed by atoms with Crippen molar-refractivity contribution in [2.75, 3.05) is 20.3 Å². The van der Waals surface area contributed by atoms with Gasteiger partial charge in [0.2, 0.25) is 6.29 Å². The number of methoxy groups -OCH3 is 1. The van der Waals surface area contributed by atoms with E-state index >= 15 is 0 Å². The molecule has 1 fully saturated rings. The molecular weight excluding hydrogens is 380 g/mol. The summed E-state index contributed by atoms with van der Waals surface area (Å²) < 4.78 is 20.9. The Bertz CT molecular complexity index is 659. The van der Waals surface area contributed by atoms with E-state index in [2.05, 4.69) is 4.74 Å². The number of hydrogen-bond donors (Lipinski definition) is 6. The highest BCUT2D eigenvalue weighted by Crippen LogP contribution is 2.47. The van der Waals surface area contributed by atoms with E-state index in [1.54, 1.807) is 6.08 Å². The van der Waals surface area contributed by atoms with E-state index in [9.17, 15) is 35.4 Å². The van der Waals surface area contributed by atoms with Gasteiger partial charge in [-0.3, -0.25) is 0 Å². The van der Waals surface area contributed by atoms with E-state index < -0.39 is 67.7 Å². The van der Waals surface area contributed by atoms with Crippen LogP contribution in [0.1, 0.15) is 6.42 Å². The van der Waals surface area contributed by atoms with Crippen molar-refractivity contribution in [3.8, 4) is 0 Å². The Kier molecular flexibility index (Phi) is 6.08. The van der Waals surface area contributed by atoms with Crippen LogP contribution in [0, 0.1) is 5.92 Å². The third-order valence-corrected chi connectivity index (χ3v) is 5.35. The molecule has 1 saturated heterocycles. The summed E-state index contributed by atoms with van der Waals surface area (Å²) >= 11 is 0. The third-order valence-electron chi connectivity index (χ3n) is 5.35. The van der Waals surface area contributed by atoms with Crippen LogP contribution >= 0.6 is 0 Å². The summed E-state index contributed by atoms with van der Waals surface area (Å²) in [5.41, 5.74) is -1.60. The summed E-state index contributed by atoms with van der Waals surface area (Å²) in [7, 11) is 1.15. The predicted octanol–water partition coefficient (Wildman–Crippen LogP) is -3.11. The molecule has 0 amide bonds. The highest BCUT2D eigenvalue weighted by molar-refractivity contribution is 5.91. The average Bonchev–Trinajstić information content (AvgIpc) is 3.05. The van der Waals surface area contributed by atoms with Gasteiger partial charge in [0.1, 0.15) is 35.6 Å². The zero-order valence-corrected chi connectivity index (χ0v) is 15.0. The SMILES string of the molecule is COC(=O)C1=CO[C@H](O[C@@H]2O[C@H](CO)[C@@H](O)[C@H](O)[C@H]2O)[C@H]2C(CO)=CC[C@@]12O. The van der Waals surface area contributed by atoms with Crippen LogP contribution in [0.25, 0.3) is 0 Å². The Labute approximate surface area is 160 Å². The van der Waals surface area contributed by atoms with Crippen molar-refractivity contribution < 1.29 is 54.4 Å². The smallest absolute Gasteiger partial charge is 0.339 e. The Morgan fingerprint density at radius 2 is 1.93 bits per heavy atom. The summed E-state index contributed by atoms with van der Waals surface area (Å²) in [6.45, 7) is -1.09. The molecule has 0 saturated carbocycles. The molecule has 2 aliphatic heterocycles. The number of rotatable bonds is 5. The minimum Gasteiger partial charge on any atom is -0.471 e. The van der Waals surface area contributed by atoms with E-state index in [0.29, 0.717) is 5.57 Å². The molecule has 2 heterocycles. The summed E-state index contributed by atoms with van der Waals surface area (Å²) in [5.74, 6) is -1.84. The molecular formula is C17H24O11. The van der Waals surface area contributed by atoms with Gasteiger partial charge in [-0.2, -0.15) is 0 Å². The van der Waals surface area contributed by atoms with Crippen LogP contribution in [0.5, 0.6) is 0 Å². The maximum absolute atomic E-state index is 12.0. The lowest BCUT2D eigenvalue weighted by Crippen LogP contribution is -2.61. The van der Waals surface area contributed by atoms with E-state index in [0.717, 1.165) is 13.4 Å². The molecule has 0 bridgehead atoms. The van der Waals surface area contributed by atoms with Crippen molar-refractivity contribution in [2.24, 2.45) is 5.92 Å². The fourth-order valence-electron chi connectivity index (χ4n) is 3.76. The Morgan fingerprint density at radius 3 is 2.54 bits per heavy atom. The summed E-state index contributed by atoms with van der Waals surface area (Å²) in [6, 6.07) is 0. The Hall–Kier alpha value is -1.57. The van der Waals surface area contributed by atoms with Gasteiger partial charge in [-0.15, -0.1) is 0 Å². The third kappa shape index (κ3) is 3.33. The van der Waals surface area contributed by atoms with Crippen LogP contribution in [-0.2, 0) is 23.7 Å². The van der Waals surface area contributed by atoms with Crippen LogP contribution in [0.3, 0.4) is 0 Å². The predicted molar refractivity (Wildman–Crippen MR) is 88.0 cm³/mol. The van der Waals surface area contributed by atoms with Crippen molar-refractivity contribution in [2.45, 2.75) is 49.0 Å². The second kappa shape index (κ2) is 8.05. The van der Waals surface area contributed by atoms with Gasteiger partial charge in [-0.1, -0.05) is 6.08 Å². The first-order valence-corrected chi connectivity index (χ1v) is 8.71. The number of carbonyl (C=O) groups is 1. The van der Waals surface area contributed by atoms with Gasteiger partial charge in [0.15, 0.2) is 6.29 Å². The highest BCUT2D eigenvalue weighted by atomic mass is 16.8. The van der Waals surface area contributed by atoms with Gasteiger partial charge in [0, 0.05) is 0 Å². The van der Waals surface area contributed by atoms with Crippen molar-refractivity contribution >= 4 is 5.97 Å². The number of carbonyl (C=O) groups excluding carboxylic acids is 1. The topological polar surface area (TPSA) is 175 Å². The number of aliphatic hydroxyl groups excluding tert-OH is 5. The van der Waals surface area contributed by atoms with Gasteiger partial charge in [-0.05, 0) is 12.0 Å². The maximum Gasteiger partial charge on any atom is 0.339 e. The van der Waals surface area contributed by atoms with Crippen molar-refractivity contribution in [3.05, 3.63) is 23.5 Å². The standard InChI is InChI=1S/C17H24O11/c1-25-14(23)8-6-26-15(10-7(4-18)2-3-17(8,10)24)28-16-13(22)12(21)11(20)9(5-19)27-16/h2,6,9-13,15-16,18-22,24H,3-5H2,1H3/t9-,10-,11-,12+,13-,15-,16+,17-/m1/s1. The number of aliphatic hydroxyl groups is 6. The minimum atomic E-state index is -1.78. The molecule has 158 valence electrons. The number of ether oxygens (including phenoxy) is 4. The first-order chi connectivity index (χ1) is 13.3. The lowest BCUT2D eigenvalue weighted by atomic mass is 9.79. The molecule has 3 aliphatic rings. The van der Waals surface area contributed by atoms with Crippen molar-refractivity contribution in [1.82, 2.24) is 0 Å². The molecule has 11 nitrogen and oxygen atoms in total. The monoisotopic (exact) mass is 404 g/mol. The Balaban J connectivity index is 1.86. The quantitative estimate of drug-likeness (QED) is 0.202. The largest absolute Gasteiger partial charge is 0.471 e. The van der Waals surface area contributed by atoms with Gasteiger partial charge in [0.05, 0.1) is 32.5 Å². The van der Waals surface area contributed by atoms with Gasteiger partial charge >= 0.3 is 5.97 Å². The van der Waals surface area contributed by atoms with Crippen molar-refractivity contribution in [3.63, 3.8) is 0 Å². The van der Waals surface area contributed by atoms with Gasteiger partial charge in [-0.25, -0.2) is 4.79 Å². The van der Waals surface area contributed by atoms with E-state index in [4.69, 9.17) is 14.2 Å². The Morgan fingerprint density at radius 1 is 1.21 bits per heavy atom. The zero-order chi connectivity index (χ0) is 20.6. The first-order valence-electron chi connectivity index (χ1n) is 8.71. The van der Waals surface area contributed by atoms with Crippen LogP contribution in [0.15, 0.2) is 23.5 Å². The molecule has 0 aromatic heterocycles. The van der Waals surface area contributed by atoms with E-state index in [1.165, 1.54) is 0 Å². The van der Waals surface area contributed by atoms with Crippen molar-refractivity contribution in [1.29, 1.82) is 0 Å². The zero-order valence-electron chi connectivity index (χ0n) is 15.0.